The second-order valence-electron chi connectivity index (χ2n) is 9.75. The molecule has 0 N–H and O–H groups in total. The molecule has 0 radical (unpaired) electrons. The van der Waals surface area contributed by atoms with Gasteiger partial charge in [-0.2, -0.15) is 13.2 Å². The lowest BCUT2D eigenvalue weighted by molar-refractivity contribution is -0.149. The highest BCUT2D eigenvalue weighted by molar-refractivity contribution is 5.91. The zero-order valence-electron chi connectivity index (χ0n) is 20.0. The molecular weight excluding hydrogens is 443 g/mol. The van der Waals surface area contributed by atoms with Gasteiger partial charge in [0.25, 0.3) is 0 Å². The van der Waals surface area contributed by atoms with Crippen molar-refractivity contribution in [1.29, 1.82) is 0 Å². The predicted molar refractivity (Wildman–Crippen MR) is 126 cm³/mol. The second-order valence-corrected chi connectivity index (χ2v) is 9.75. The summed E-state index contributed by atoms with van der Waals surface area (Å²) in [6.07, 6.45) is 0.141. The average molecular weight is 478 g/mol. The first-order valence-electron chi connectivity index (χ1n) is 12.4. The summed E-state index contributed by atoms with van der Waals surface area (Å²) in [5.74, 6) is 0.226. The maximum atomic E-state index is 14.4. The molecule has 2 aromatic rings. The van der Waals surface area contributed by atoms with Crippen LogP contribution in [0.1, 0.15) is 63.5 Å². The number of piperidine rings is 1. The summed E-state index contributed by atoms with van der Waals surface area (Å²) >= 11 is 0. The molecule has 0 atom stereocenters. The van der Waals surface area contributed by atoms with Crippen molar-refractivity contribution in [2.24, 2.45) is 11.8 Å². The number of fused-ring (bicyclic) bond motifs is 1. The fraction of sp³-hybridized carbons (Fsp3) is 0.593. The van der Waals surface area contributed by atoms with E-state index in [-0.39, 0.29) is 29.1 Å². The van der Waals surface area contributed by atoms with Crippen molar-refractivity contribution < 1.29 is 27.4 Å². The zero-order chi connectivity index (χ0) is 24.3. The Kier molecular flexibility index (Phi) is 7.70. The molecule has 7 heteroatoms. The van der Waals surface area contributed by atoms with E-state index < -0.39 is 11.7 Å². The standard InChI is InChI=1S/C27H34F3NO3/c1-3-33-26(32)20-13-15-31(16-14-20)17-21-6-4-5-19-9-12-23(25(24(19)21)27(28,29)30)34-22-10-7-18(2)8-11-22/h4-6,9,12,18,20,22H,3,7-8,10-11,13-17H2,1-2H3. The molecule has 34 heavy (non-hydrogen) atoms. The second kappa shape index (κ2) is 10.5. The number of alkyl halides is 3. The van der Waals surface area contributed by atoms with Crippen molar-refractivity contribution >= 4 is 16.7 Å². The van der Waals surface area contributed by atoms with Crippen molar-refractivity contribution in [1.82, 2.24) is 4.90 Å². The van der Waals surface area contributed by atoms with Crippen LogP contribution in [0.5, 0.6) is 5.75 Å². The van der Waals surface area contributed by atoms with E-state index in [2.05, 4.69) is 11.8 Å². The topological polar surface area (TPSA) is 38.8 Å². The van der Waals surface area contributed by atoms with Gasteiger partial charge in [0.05, 0.1) is 18.6 Å². The highest BCUT2D eigenvalue weighted by Gasteiger charge is 2.38. The summed E-state index contributed by atoms with van der Waals surface area (Å²) in [5, 5.41) is 0.792. The number of carbonyl (C=O) groups is 1. The van der Waals surface area contributed by atoms with E-state index in [4.69, 9.17) is 9.47 Å². The van der Waals surface area contributed by atoms with Crippen LogP contribution in [-0.4, -0.2) is 36.7 Å². The van der Waals surface area contributed by atoms with E-state index >= 15 is 0 Å². The molecule has 4 rings (SSSR count). The minimum absolute atomic E-state index is 0.0620. The molecule has 4 nitrogen and oxygen atoms in total. The molecule has 186 valence electrons. The lowest BCUT2D eigenvalue weighted by Gasteiger charge is -2.31. The van der Waals surface area contributed by atoms with Crippen LogP contribution >= 0.6 is 0 Å². The number of benzene rings is 2. The number of rotatable bonds is 6. The molecule has 1 saturated carbocycles. The number of nitrogens with zero attached hydrogens (tertiary/aromatic N) is 1. The molecule has 0 bridgehead atoms. The Morgan fingerprint density at radius 1 is 1.03 bits per heavy atom. The third-order valence-corrected chi connectivity index (χ3v) is 7.24. The first kappa shape index (κ1) is 24.8. The average Bonchev–Trinajstić information content (AvgIpc) is 2.80. The summed E-state index contributed by atoms with van der Waals surface area (Å²) in [4.78, 5) is 14.2. The molecule has 0 unspecified atom stereocenters. The summed E-state index contributed by atoms with van der Waals surface area (Å²) in [6, 6.07) is 8.54. The van der Waals surface area contributed by atoms with Crippen LogP contribution in [0.2, 0.25) is 0 Å². The molecule has 1 aliphatic heterocycles. The molecule has 2 aromatic carbocycles. The van der Waals surface area contributed by atoms with Crippen LogP contribution in [0.3, 0.4) is 0 Å². The van der Waals surface area contributed by atoms with Gasteiger partial charge >= 0.3 is 12.1 Å². The smallest absolute Gasteiger partial charge is 0.420 e. The number of likely N-dealkylation sites (tertiary alicyclic amines) is 1. The third-order valence-electron chi connectivity index (χ3n) is 7.24. The fourth-order valence-electron chi connectivity index (χ4n) is 5.30. The van der Waals surface area contributed by atoms with Gasteiger partial charge < -0.3 is 9.47 Å². The highest BCUT2D eigenvalue weighted by Crippen LogP contribution is 2.44. The Morgan fingerprint density at radius 2 is 1.74 bits per heavy atom. The number of hydrogen-bond acceptors (Lipinski definition) is 4. The van der Waals surface area contributed by atoms with Gasteiger partial charge in [0.15, 0.2) is 0 Å². The van der Waals surface area contributed by atoms with E-state index in [0.29, 0.717) is 56.0 Å². The van der Waals surface area contributed by atoms with Crippen molar-refractivity contribution in [2.45, 2.75) is 71.2 Å². The van der Waals surface area contributed by atoms with Crippen LogP contribution < -0.4 is 4.74 Å². The first-order valence-corrected chi connectivity index (χ1v) is 12.4. The molecule has 0 spiro atoms. The van der Waals surface area contributed by atoms with Gasteiger partial charge in [-0.25, -0.2) is 0 Å². The quantitative estimate of drug-likeness (QED) is 0.440. The van der Waals surface area contributed by atoms with Crippen molar-refractivity contribution in [3.8, 4) is 5.75 Å². The van der Waals surface area contributed by atoms with Gasteiger partial charge in [0.2, 0.25) is 0 Å². The van der Waals surface area contributed by atoms with E-state index in [1.54, 1.807) is 25.1 Å². The number of esters is 1. The van der Waals surface area contributed by atoms with Crippen LogP contribution in [0, 0.1) is 11.8 Å². The maximum Gasteiger partial charge on any atom is 0.420 e. The Balaban J connectivity index is 1.60. The SMILES string of the molecule is CCOC(=O)C1CCN(Cc2cccc3ccc(OC4CCC(C)CC4)c(C(F)(F)F)c23)CC1. The molecule has 2 aliphatic rings. The van der Waals surface area contributed by atoms with Crippen molar-refractivity contribution in [3.05, 3.63) is 41.5 Å². The van der Waals surface area contributed by atoms with E-state index in [0.717, 1.165) is 25.7 Å². The van der Waals surface area contributed by atoms with Gasteiger partial charge in [0.1, 0.15) is 11.3 Å². The van der Waals surface area contributed by atoms with Crippen LogP contribution in [0.4, 0.5) is 13.2 Å². The summed E-state index contributed by atoms with van der Waals surface area (Å²) in [6.45, 7) is 6.03. The van der Waals surface area contributed by atoms with Crippen LogP contribution in [0.15, 0.2) is 30.3 Å². The van der Waals surface area contributed by atoms with Gasteiger partial charge in [-0.3, -0.25) is 9.69 Å². The Bertz CT molecular complexity index is 991. The van der Waals surface area contributed by atoms with Crippen LogP contribution in [-0.2, 0) is 22.3 Å². The van der Waals surface area contributed by atoms with E-state index in [9.17, 15) is 18.0 Å². The number of ether oxygens (including phenoxy) is 2. The molecular formula is C27H34F3NO3. The Labute approximate surface area is 199 Å². The minimum atomic E-state index is -4.52. The van der Waals surface area contributed by atoms with Crippen molar-refractivity contribution in [2.75, 3.05) is 19.7 Å². The summed E-state index contributed by atoms with van der Waals surface area (Å²) < 4.78 is 54.4. The Morgan fingerprint density at radius 3 is 2.38 bits per heavy atom. The molecule has 2 fully saturated rings. The van der Waals surface area contributed by atoms with Gasteiger partial charge in [-0.1, -0.05) is 31.2 Å². The van der Waals surface area contributed by atoms with Gasteiger partial charge in [0, 0.05) is 11.9 Å². The predicted octanol–water partition coefficient (Wildman–Crippen LogP) is 6.59. The number of hydrogen-bond donors (Lipinski definition) is 0. The monoisotopic (exact) mass is 477 g/mol. The molecule has 0 aromatic heterocycles. The lowest BCUT2D eigenvalue weighted by Crippen LogP contribution is -2.36. The summed E-state index contributed by atoms with van der Waals surface area (Å²) in [7, 11) is 0. The van der Waals surface area contributed by atoms with Gasteiger partial charge in [-0.15, -0.1) is 0 Å². The van der Waals surface area contributed by atoms with E-state index in [1.165, 1.54) is 6.07 Å². The van der Waals surface area contributed by atoms with Gasteiger partial charge in [-0.05, 0) is 81.5 Å². The molecule has 1 aliphatic carbocycles. The first-order chi connectivity index (χ1) is 16.3. The Hall–Kier alpha value is -2.28. The van der Waals surface area contributed by atoms with Crippen molar-refractivity contribution in [3.63, 3.8) is 0 Å². The fourth-order valence-corrected chi connectivity index (χ4v) is 5.30. The van der Waals surface area contributed by atoms with Crippen LogP contribution in [0.25, 0.3) is 10.8 Å². The normalized spacial score (nSPS) is 22.6. The maximum absolute atomic E-state index is 14.4. The highest BCUT2D eigenvalue weighted by atomic mass is 19.4. The molecule has 1 heterocycles. The number of halogens is 3. The number of carbonyl (C=O) groups excluding carboxylic acids is 1. The molecule has 1 saturated heterocycles. The molecule has 0 amide bonds. The zero-order valence-corrected chi connectivity index (χ0v) is 20.0. The summed E-state index contributed by atoms with van der Waals surface area (Å²) in [5.41, 5.74) is -0.0252. The third kappa shape index (κ3) is 5.68. The lowest BCUT2D eigenvalue weighted by atomic mass is 9.89. The van der Waals surface area contributed by atoms with E-state index in [1.807, 2.05) is 6.07 Å². The minimum Gasteiger partial charge on any atom is -0.490 e. The largest absolute Gasteiger partial charge is 0.490 e.